The zero-order valence-corrected chi connectivity index (χ0v) is 20.1. The van der Waals surface area contributed by atoms with Crippen molar-refractivity contribution in [2.45, 2.75) is 25.7 Å². The molecule has 3 N–H and O–H groups in total. The molecule has 172 valence electrons. The van der Waals surface area contributed by atoms with Crippen LogP contribution in [0, 0.1) is 13.8 Å². The number of thiocarbonyl (C=S) groups is 1. The van der Waals surface area contributed by atoms with E-state index >= 15 is 0 Å². The number of anilines is 2. The minimum atomic E-state index is -3.75. The number of hydrogen-bond donors (Lipinski definition) is 3. The number of aryl methyl sites for hydroxylation is 2. The second-order valence-electron chi connectivity index (χ2n) is 7.38. The van der Waals surface area contributed by atoms with E-state index in [0.29, 0.717) is 29.3 Å². The highest BCUT2D eigenvalue weighted by atomic mass is 32.2. The van der Waals surface area contributed by atoms with Crippen LogP contribution in [0.15, 0.2) is 71.6 Å². The lowest BCUT2D eigenvalue weighted by Crippen LogP contribution is -2.34. The number of carbonyl (C=O) groups is 1. The molecular formula is C24H25N3O4S2. The van der Waals surface area contributed by atoms with E-state index in [4.69, 9.17) is 17.0 Å². The summed E-state index contributed by atoms with van der Waals surface area (Å²) in [6, 6.07) is 18.4. The van der Waals surface area contributed by atoms with Crippen LogP contribution in [-0.2, 0) is 10.0 Å². The molecule has 0 saturated carbocycles. The smallest absolute Gasteiger partial charge is 0.261 e. The zero-order valence-electron chi connectivity index (χ0n) is 18.5. The van der Waals surface area contributed by atoms with E-state index in [9.17, 15) is 13.2 Å². The maximum Gasteiger partial charge on any atom is 0.261 e. The first-order chi connectivity index (χ1) is 15.7. The molecule has 0 fully saturated rings. The average Bonchev–Trinajstić information content (AvgIpc) is 2.73. The molecule has 0 spiro atoms. The topological polar surface area (TPSA) is 96.5 Å². The van der Waals surface area contributed by atoms with E-state index in [1.165, 1.54) is 12.1 Å². The molecule has 0 saturated heterocycles. The summed E-state index contributed by atoms with van der Waals surface area (Å²) >= 11 is 5.21. The summed E-state index contributed by atoms with van der Waals surface area (Å²) < 4.78 is 33.4. The van der Waals surface area contributed by atoms with Crippen LogP contribution in [0.2, 0.25) is 0 Å². The fourth-order valence-electron chi connectivity index (χ4n) is 3.20. The Morgan fingerprint density at radius 1 is 0.939 bits per heavy atom. The third-order valence-electron chi connectivity index (χ3n) is 4.53. The maximum atomic E-state index is 12.7. The molecule has 0 aliphatic carbocycles. The monoisotopic (exact) mass is 483 g/mol. The highest BCUT2D eigenvalue weighted by molar-refractivity contribution is 7.92. The van der Waals surface area contributed by atoms with Crippen LogP contribution in [0.3, 0.4) is 0 Å². The molecule has 0 atom stereocenters. The Labute approximate surface area is 199 Å². The van der Waals surface area contributed by atoms with Crippen molar-refractivity contribution in [1.82, 2.24) is 5.32 Å². The molecule has 0 aliphatic heterocycles. The van der Waals surface area contributed by atoms with Crippen LogP contribution >= 0.6 is 12.2 Å². The molecule has 0 aromatic heterocycles. The van der Waals surface area contributed by atoms with Gasteiger partial charge in [0.15, 0.2) is 5.11 Å². The number of sulfonamides is 1. The van der Waals surface area contributed by atoms with Crippen LogP contribution in [0.4, 0.5) is 11.4 Å². The quantitative estimate of drug-likeness (QED) is 0.424. The van der Waals surface area contributed by atoms with Gasteiger partial charge in [-0.15, -0.1) is 0 Å². The molecule has 0 heterocycles. The van der Waals surface area contributed by atoms with Crippen LogP contribution < -0.4 is 20.1 Å². The van der Waals surface area contributed by atoms with Gasteiger partial charge in [-0.1, -0.05) is 12.1 Å². The Hall–Kier alpha value is -3.43. The second kappa shape index (κ2) is 10.5. The van der Waals surface area contributed by atoms with Gasteiger partial charge in [-0.3, -0.25) is 14.8 Å². The van der Waals surface area contributed by atoms with Gasteiger partial charge in [0.2, 0.25) is 0 Å². The Kier molecular flexibility index (Phi) is 7.67. The molecule has 9 heteroatoms. The summed E-state index contributed by atoms with van der Waals surface area (Å²) in [6.45, 7) is 6.17. The number of hydrogen-bond acceptors (Lipinski definition) is 5. The normalized spacial score (nSPS) is 10.9. The van der Waals surface area contributed by atoms with Crippen LogP contribution in [0.1, 0.15) is 28.4 Å². The van der Waals surface area contributed by atoms with Crippen molar-refractivity contribution >= 4 is 44.6 Å². The van der Waals surface area contributed by atoms with E-state index in [-0.39, 0.29) is 15.9 Å². The molecule has 0 unspecified atom stereocenters. The Balaban J connectivity index is 1.63. The predicted octanol–water partition coefficient (Wildman–Crippen LogP) is 4.63. The number of carbonyl (C=O) groups excluding carboxylic acids is 1. The summed E-state index contributed by atoms with van der Waals surface area (Å²) in [7, 11) is -3.75. The van der Waals surface area contributed by atoms with Gasteiger partial charge in [-0.25, -0.2) is 8.42 Å². The third kappa shape index (κ3) is 6.77. The van der Waals surface area contributed by atoms with Crippen LogP contribution in [0.5, 0.6) is 5.75 Å². The lowest BCUT2D eigenvalue weighted by Gasteiger charge is -2.12. The fraction of sp³-hybridized carbons (Fsp3) is 0.167. The summed E-state index contributed by atoms with van der Waals surface area (Å²) in [6.07, 6.45) is 0. The van der Waals surface area contributed by atoms with Crippen molar-refractivity contribution in [3.8, 4) is 5.75 Å². The predicted molar refractivity (Wildman–Crippen MR) is 134 cm³/mol. The number of nitrogens with one attached hydrogen (secondary N) is 3. The van der Waals surface area contributed by atoms with Gasteiger partial charge >= 0.3 is 0 Å². The number of benzene rings is 3. The Morgan fingerprint density at radius 3 is 2.24 bits per heavy atom. The average molecular weight is 484 g/mol. The molecule has 3 aromatic rings. The first-order valence-electron chi connectivity index (χ1n) is 10.2. The molecular weight excluding hydrogens is 458 g/mol. The summed E-state index contributed by atoms with van der Waals surface area (Å²) in [5.41, 5.74) is 3.38. The van der Waals surface area contributed by atoms with Crippen molar-refractivity contribution in [2.24, 2.45) is 0 Å². The summed E-state index contributed by atoms with van der Waals surface area (Å²) in [4.78, 5) is 12.5. The highest BCUT2D eigenvalue weighted by Gasteiger charge is 2.15. The summed E-state index contributed by atoms with van der Waals surface area (Å²) in [5.74, 6) is 0.209. The molecule has 0 bridgehead atoms. The lowest BCUT2D eigenvalue weighted by molar-refractivity contribution is 0.0977. The maximum absolute atomic E-state index is 12.7. The number of rotatable bonds is 7. The third-order valence-corrected chi connectivity index (χ3v) is 6.13. The minimum Gasteiger partial charge on any atom is -0.494 e. The van der Waals surface area contributed by atoms with E-state index in [1.807, 2.05) is 26.8 Å². The van der Waals surface area contributed by atoms with E-state index in [0.717, 1.165) is 11.1 Å². The van der Waals surface area contributed by atoms with Gasteiger partial charge in [0.1, 0.15) is 5.75 Å². The number of amides is 1. The van der Waals surface area contributed by atoms with Crippen molar-refractivity contribution in [1.29, 1.82) is 0 Å². The molecule has 0 radical (unpaired) electrons. The molecule has 3 rings (SSSR count). The number of ether oxygens (including phenoxy) is 1. The zero-order chi connectivity index (χ0) is 24.0. The van der Waals surface area contributed by atoms with Gasteiger partial charge in [-0.2, -0.15) is 0 Å². The van der Waals surface area contributed by atoms with Gasteiger partial charge in [0.05, 0.1) is 11.5 Å². The van der Waals surface area contributed by atoms with E-state index < -0.39 is 10.0 Å². The standard InChI is InChI=1S/C24H25N3O4S2/c1-4-31-21-7-5-6-18(15-21)23(28)26-24(32)25-19-8-10-22(11-9-19)33(29,30)27-20-13-16(2)12-17(3)14-20/h5-15,27H,4H2,1-3H3,(H2,25,26,28,32). The second-order valence-corrected chi connectivity index (χ2v) is 9.47. The fourth-order valence-corrected chi connectivity index (χ4v) is 4.45. The first kappa shape index (κ1) is 24.2. The molecule has 0 aliphatic rings. The summed E-state index contributed by atoms with van der Waals surface area (Å²) in [5, 5.41) is 5.56. The lowest BCUT2D eigenvalue weighted by atomic mass is 10.1. The van der Waals surface area contributed by atoms with E-state index in [1.54, 1.807) is 48.5 Å². The Bertz CT molecular complexity index is 1250. The Morgan fingerprint density at radius 2 is 1.61 bits per heavy atom. The molecule has 33 heavy (non-hydrogen) atoms. The van der Waals surface area contributed by atoms with Crippen LogP contribution in [0.25, 0.3) is 0 Å². The van der Waals surface area contributed by atoms with Crippen molar-refractivity contribution in [2.75, 3.05) is 16.6 Å². The van der Waals surface area contributed by atoms with Crippen molar-refractivity contribution in [3.63, 3.8) is 0 Å². The molecule has 7 nitrogen and oxygen atoms in total. The molecule has 1 amide bonds. The highest BCUT2D eigenvalue weighted by Crippen LogP contribution is 2.20. The van der Waals surface area contributed by atoms with Gasteiger partial charge in [-0.05, 0) is 98.7 Å². The largest absolute Gasteiger partial charge is 0.494 e. The van der Waals surface area contributed by atoms with Crippen molar-refractivity contribution in [3.05, 3.63) is 83.4 Å². The van der Waals surface area contributed by atoms with Crippen LogP contribution in [-0.4, -0.2) is 26.0 Å². The molecule has 3 aromatic carbocycles. The SMILES string of the molecule is CCOc1cccc(C(=O)NC(=S)Nc2ccc(S(=O)(=O)Nc3cc(C)cc(C)c3)cc2)c1. The van der Waals surface area contributed by atoms with Gasteiger partial charge in [0.25, 0.3) is 15.9 Å². The van der Waals surface area contributed by atoms with Gasteiger partial charge in [0, 0.05) is 16.9 Å². The van der Waals surface area contributed by atoms with Crippen molar-refractivity contribution < 1.29 is 17.9 Å². The first-order valence-corrected chi connectivity index (χ1v) is 12.1. The minimum absolute atomic E-state index is 0.0887. The van der Waals surface area contributed by atoms with Gasteiger partial charge < -0.3 is 10.1 Å². The van der Waals surface area contributed by atoms with E-state index in [2.05, 4.69) is 15.4 Å².